The maximum atomic E-state index is 12.4. The number of aliphatic hydroxyl groups excluding tert-OH is 1. The number of rotatable bonds is 11. The Morgan fingerprint density at radius 2 is 1.50 bits per heavy atom. The summed E-state index contributed by atoms with van der Waals surface area (Å²) in [5, 5.41) is 29.1. The van der Waals surface area contributed by atoms with Gasteiger partial charge < -0.3 is 26.4 Å². The summed E-state index contributed by atoms with van der Waals surface area (Å²) in [7, 11) is 0. The molecule has 0 spiro atoms. The van der Waals surface area contributed by atoms with Gasteiger partial charge in [0, 0.05) is 31.3 Å². The molecular weight excluding hydrogens is 442 g/mol. The number of carbonyl (C=O) groups is 4. The van der Waals surface area contributed by atoms with Crippen molar-refractivity contribution in [2.75, 3.05) is 25.0 Å². The van der Waals surface area contributed by atoms with Crippen LogP contribution in [0.15, 0.2) is 48.5 Å². The molecule has 0 fully saturated rings. The first kappa shape index (κ1) is 26.5. The topological polar surface area (TPSA) is 169 Å². The fraction of sp³-hybridized carbons (Fsp3) is 0.304. The van der Waals surface area contributed by atoms with Gasteiger partial charge in [-0.3, -0.25) is 24.4 Å². The van der Waals surface area contributed by atoms with E-state index in [9.17, 15) is 24.3 Å². The second-order valence-electron chi connectivity index (χ2n) is 7.53. The average molecular weight is 472 g/mol. The highest BCUT2D eigenvalue weighted by Gasteiger charge is 2.25. The summed E-state index contributed by atoms with van der Waals surface area (Å²) in [6.07, 6.45) is -1.20. The summed E-state index contributed by atoms with van der Waals surface area (Å²) < 4.78 is 0. The smallest absolute Gasteiger partial charge is 0.268 e. The predicted molar refractivity (Wildman–Crippen MR) is 125 cm³/mol. The molecule has 11 nitrogen and oxygen atoms in total. The van der Waals surface area contributed by atoms with Crippen LogP contribution < -0.4 is 26.7 Å². The lowest BCUT2D eigenvalue weighted by Gasteiger charge is -2.19. The summed E-state index contributed by atoms with van der Waals surface area (Å²) in [6.45, 7) is 3.78. The van der Waals surface area contributed by atoms with Crippen molar-refractivity contribution in [3.63, 3.8) is 0 Å². The van der Waals surface area contributed by atoms with Gasteiger partial charge in [0.05, 0.1) is 12.6 Å². The second-order valence-corrected chi connectivity index (χ2v) is 7.53. The van der Waals surface area contributed by atoms with E-state index in [2.05, 4.69) is 21.3 Å². The van der Waals surface area contributed by atoms with Crippen LogP contribution in [0.2, 0.25) is 0 Å². The normalized spacial score (nSPS) is 12.2. The molecule has 7 N–H and O–H groups in total. The van der Waals surface area contributed by atoms with Crippen LogP contribution in [0.5, 0.6) is 0 Å². The van der Waals surface area contributed by atoms with Gasteiger partial charge in [0.1, 0.15) is 6.04 Å². The van der Waals surface area contributed by atoms with Crippen molar-refractivity contribution in [1.82, 2.24) is 21.4 Å². The van der Waals surface area contributed by atoms with E-state index >= 15 is 0 Å². The fourth-order valence-electron chi connectivity index (χ4n) is 2.99. The quantitative estimate of drug-likeness (QED) is 0.137. The first-order valence-corrected chi connectivity index (χ1v) is 10.6. The molecule has 0 saturated carbocycles. The largest absolute Gasteiger partial charge is 0.391 e. The lowest BCUT2D eigenvalue weighted by atomic mass is 10.0. The molecule has 0 aliphatic carbocycles. The third-order valence-corrected chi connectivity index (χ3v) is 4.77. The Hall–Kier alpha value is -3.80. The van der Waals surface area contributed by atoms with E-state index in [0.717, 1.165) is 11.1 Å². The molecule has 182 valence electrons. The van der Waals surface area contributed by atoms with Gasteiger partial charge in [0.15, 0.2) is 0 Å². The third kappa shape index (κ3) is 8.28. The Bertz CT molecular complexity index is 992. The third-order valence-electron chi connectivity index (χ3n) is 4.77. The minimum Gasteiger partial charge on any atom is -0.391 e. The minimum atomic E-state index is -1.30. The van der Waals surface area contributed by atoms with Crippen LogP contribution in [0, 0.1) is 0 Å². The number of carbonyl (C=O) groups excluding carboxylic acids is 4. The maximum absolute atomic E-state index is 12.4. The molecule has 34 heavy (non-hydrogen) atoms. The Balaban J connectivity index is 1.91. The lowest BCUT2D eigenvalue weighted by molar-refractivity contribution is -0.133. The van der Waals surface area contributed by atoms with Crippen molar-refractivity contribution in [2.24, 2.45) is 0 Å². The molecule has 2 aromatic rings. The van der Waals surface area contributed by atoms with Gasteiger partial charge in [-0.25, -0.2) is 5.48 Å². The zero-order valence-electron chi connectivity index (χ0n) is 18.9. The number of benzene rings is 2. The number of amides is 4. The Morgan fingerprint density at radius 1 is 0.912 bits per heavy atom. The summed E-state index contributed by atoms with van der Waals surface area (Å²) in [5.41, 5.74) is 4.00. The van der Waals surface area contributed by atoms with Gasteiger partial charge in [-0.05, 0) is 42.3 Å². The molecule has 4 amide bonds. The number of nitrogens with one attached hydrogen (secondary N) is 5. The highest BCUT2D eigenvalue weighted by atomic mass is 16.5. The number of hydrogen-bond donors (Lipinski definition) is 7. The first-order chi connectivity index (χ1) is 16.2. The number of hydrogen-bond acceptors (Lipinski definition) is 7. The maximum Gasteiger partial charge on any atom is 0.268 e. The molecule has 0 bridgehead atoms. The molecule has 0 saturated heterocycles. The number of hydroxylamine groups is 1. The Kier molecular flexibility index (Phi) is 10.1. The zero-order valence-corrected chi connectivity index (χ0v) is 18.9. The van der Waals surface area contributed by atoms with Crippen LogP contribution in [0.25, 0.3) is 11.1 Å². The van der Waals surface area contributed by atoms with Gasteiger partial charge in [-0.1, -0.05) is 24.3 Å². The van der Waals surface area contributed by atoms with Crippen LogP contribution >= 0.6 is 0 Å². The molecule has 0 unspecified atom stereocenters. The monoisotopic (exact) mass is 471 g/mol. The van der Waals surface area contributed by atoms with Gasteiger partial charge in [0.2, 0.25) is 11.8 Å². The van der Waals surface area contributed by atoms with Crippen molar-refractivity contribution >= 4 is 29.3 Å². The SMILES string of the molecule is CC(=O)NCCNCC(=O)Nc1ccc(-c2ccc(C(=O)N[C@H](C(=O)NO)[C@@H](C)O)cc2)cc1. The summed E-state index contributed by atoms with van der Waals surface area (Å²) >= 11 is 0. The predicted octanol–water partition coefficient (Wildman–Crippen LogP) is 0.00240. The van der Waals surface area contributed by atoms with E-state index in [4.69, 9.17) is 5.21 Å². The van der Waals surface area contributed by atoms with E-state index < -0.39 is 24.0 Å². The lowest BCUT2D eigenvalue weighted by Crippen LogP contribution is -2.51. The molecule has 2 aromatic carbocycles. The molecule has 2 rings (SSSR count). The summed E-state index contributed by atoms with van der Waals surface area (Å²) in [6, 6.07) is 12.5. The molecule has 0 aliphatic heterocycles. The first-order valence-electron chi connectivity index (χ1n) is 10.6. The van der Waals surface area contributed by atoms with E-state index in [1.54, 1.807) is 36.4 Å². The molecule has 0 radical (unpaired) electrons. The average Bonchev–Trinajstić information content (AvgIpc) is 2.82. The van der Waals surface area contributed by atoms with Crippen molar-refractivity contribution in [3.8, 4) is 11.1 Å². The van der Waals surface area contributed by atoms with E-state index in [-0.39, 0.29) is 23.9 Å². The molecule has 2 atom stereocenters. The van der Waals surface area contributed by atoms with E-state index in [1.165, 1.54) is 19.3 Å². The molecule has 11 heteroatoms. The van der Waals surface area contributed by atoms with Crippen LogP contribution in [-0.4, -0.2) is 65.7 Å². The fourth-order valence-corrected chi connectivity index (χ4v) is 2.99. The molecular formula is C23H29N5O6. The summed E-state index contributed by atoms with van der Waals surface area (Å²) in [5.74, 6) is -1.84. The van der Waals surface area contributed by atoms with Crippen molar-refractivity contribution in [3.05, 3.63) is 54.1 Å². The van der Waals surface area contributed by atoms with Crippen LogP contribution in [0.1, 0.15) is 24.2 Å². The van der Waals surface area contributed by atoms with Gasteiger partial charge in [-0.15, -0.1) is 0 Å². The van der Waals surface area contributed by atoms with Crippen molar-refractivity contribution in [2.45, 2.75) is 26.0 Å². The highest BCUT2D eigenvalue weighted by Crippen LogP contribution is 2.22. The minimum absolute atomic E-state index is 0.112. The highest BCUT2D eigenvalue weighted by molar-refractivity contribution is 5.98. The number of aliphatic hydroxyl groups is 1. The Morgan fingerprint density at radius 3 is 2.03 bits per heavy atom. The molecule has 0 heterocycles. The van der Waals surface area contributed by atoms with E-state index in [0.29, 0.717) is 18.8 Å². The van der Waals surface area contributed by atoms with Crippen LogP contribution in [-0.2, 0) is 14.4 Å². The standard InChI is InChI=1S/C23H29N5O6/c1-14(29)21(23(33)28-34)27-22(32)18-5-3-16(4-6-18)17-7-9-19(10-8-17)26-20(31)13-24-11-12-25-15(2)30/h3-10,14,21,24,29,34H,11-13H2,1-2H3,(H,25,30)(H,26,31)(H,27,32)(H,28,33)/t14-,21+/m1/s1. The Labute approximate surface area is 196 Å². The van der Waals surface area contributed by atoms with E-state index in [1.807, 2.05) is 12.1 Å². The van der Waals surface area contributed by atoms with Crippen molar-refractivity contribution in [1.29, 1.82) is 0 Å². The van der Waals surface area contributed by atoms with Gasteiger partial charge >= 0.3 is 0 Å². The van der Waals surface area contributed by atoms with Crippen LogP contribution in [0.3, 0.4) is 0 Å². The van der Waals surface area contributed by atoms with Crippen LogP contribution in [0.4, 0.5) is 5.69 Å². The van der Waals surface area contributed by atoms with Crippen molar-refractivity contribution < 1.29 is 29.5 Å². The summed E-state index contributed by atoms with van der Waals surface area (Å²) in [4.78, 5) is 46.7. The number of anilines is 1. The second kappa shape index (κ2) is 13.0. The van der Waals surface area contributed by atoms with Gasteiger partial charge in [0.25, 0.3) is 11.8 Å². The zero-order chi connectivity index (χ0) is 25.1. The van der Waals surface area contributed by atoms with Gasteiger partial charge in [-0.2, -0.15) is 0 Å². The molecule has 0 aromatic heterocycles. The molecule has 0 aliphatic rings.